The van der Waals surface area contributed by atoms with Crippen LogP contribution in [0.15, 0.2) is 0 Å². The number of hydrogen-bond donors (Lipinski definition) is 2. The van der Waals surface area contributed by atoms with Gasteiger partial charge in [0.1, 0.15) is 0 Å². The van der Waals surface area contributed by atoms with Gasteiger partial charge < -0.3 is 10.6 Å². The van der Waals surface area contributed by atoms with Gasteiger partial charge in [-0.15, -0.1) is 0 Å². The molecule has 2 atom stereocenters. The normalized spacial score (nSPS) is 33.0. The zero-order valence-corrected chi connectivity index (χ0v) is 7.89. The van der Waals surface area contributed by atoms with Crippen molar-refractivity contribution in [1.82, 2.24) is 10.6 Å². The number of amides is 1. The summed E-state index contributed by atoms with van der Waals surface area (Å²) >= 11 is 0. The second-order valence-electron chi connectivity index (χ2n) is 3.19. The van der Waals surface area contributed by atoms with Crippen molar-refractivity contribution in [2.45, 2.75) is 20.3 Å². The highest BCUT2D eigenvalue weighted by atomic mass is 16.1. The van der Waals surface area contributed by atoms with Crippen molar-refractivity contribution < 1.29 is 4.79 Å². The van der Waals surface area contributed by atoms with Gasteiger partial charge in [0.25, 0.3) is 0 Å². The van der Waals surface area contributed by atoms with Crippen LogP contribution in [-0.2, 0) is 4.79 Å². The maximum absolute atomic E-state index is 10.9. The summed E-state index contributed by atoms with van der Waals surface area (Å²) in [4.78, 5) is 10.9. The van der Waals surface area contributed by atoms with E-state index in [4.69, 9.17) is 0 Å². The van der Waals surface area contributed by atoms with Gasteiger partial charge >= 0.3 is 0 Å². The van der Waals surface area contributed by atoms with E-state index in [9.17, 15) is 4.79 Å². The average molecular weight is 170 g/mol. The Morgan fingerprint density at radius 2 is 1.83 bits per heavy atom. The lowest BCUT2D eigenvalue weighted by molar-refractivity contribution is -0.124. The van der Waals surface area contributed by atoms with Crippen molar-refractivity contribution in [3.05, 3.63) is 0 Å². The Hall–Kier alpha value is -0.570. The van der Waals surface area contributed by atoms with Crippen LogP contribution in [0.3, 0.4) is 0 Å². The first-order valence-electron chi connectivity index (χ1n) is 4.83. The van der Waals surface area contributed by atoms with Crippen molar-refractivity contribution >= 4 is 5.91 Å². The van der Waals surface area contributed by atoms with Gasteiger partial charge in [-0.2, -0.15) is 0 Å². The first-order valence-corrected chi connectivity index (χ1v) is 4.83. The fourth-order valence-electron chi connectivity index (χ4n) is 1.82. The second kappa shape index (κ2) is 4.45. The molecule has 1 amide bonds. The Bertz CT molecular complexity index is 159. The molecule has 0 radical (unpaired) electrons. The monoisotopic (exact) mass is 170 g/mol. The van der Waals surface area contributed by atoms with Gasteiger partial charge in [0.05, 0.1) is 0 Å². The number of hydrogen-bond acceptors (Lipinski definition) is 2. The van der Waals surface area contributed by atoms with E-state index in [-0.39, 0.29) is 5.91 Å². The first kappa shape index (κ1) is 9.52. The molecule has 0 bridgehead atoms. The molecule has 2 fully saturated rings. The maximum Gasteiger partial charge on any atom is 0.220 e. The molecule has 12 heavy (non-hydrogen) atoms. The van der Waals surface area contributed by atoms with E-state index in [1.54, 1.807) is 0 Å². The standard InChI is InChI=1S/C7H12N2O.C2H6/c10-7-1-5-2-8-3-6(5)4-9-7;1-2/h5-6,8H,1-4H2,(H,9,10);1-2H3. The molecule has 2 unspecified atom stereocenters. The van der Waals surface area contributed by atoms with E-state index in [1.807, 2.05) is 13.8 Å². The highest BCUT2D eigenvalue weighted by molar-refractivity contribution is 5.77. The molecular weight excluding hydrogens is 152 g/mol. The average Bonchev–Trinajstić information content (AvgIpc) is 2.54. The second-order valence-corrected chi connectivity index (χ2v) is 3.19. The summed E-state index contributed by atoms with van der Waals surface area (Å²) in [6.45, 7) is 7.01. The first-order chi connectivity index (χ1) is 5.86. The molecule has 3 heteroatoms. The molecule has 0 aromatic carbocycles. The smallest absolute Gasteiger partial charge is 0.220 e. The molecule has 3 nitrogen and oxygen atoms in total. The van der Waals surface area contributed by atoms with E-state index in [2.05, 4.69) is 10.6 Å². The molecule has 2 N–H and O–H groups in total. The maximum atomic E-state index is 10.9. The van der Waals surface area contributed by atoms with Crippen LogP contribution in [0.2, 0.25) is 0 Å². The fourth-order valence-corrected chi connectivity index (χ4v) is 1.82. The molecule has 2 rings (SSSR count). The van der Waals surface area contributed by atoms with Crippen molar-refractivity contribution in [3.63, 3.8) is 0 Å². The quantitative estimate of drug-likeness (QED) is 0.551. The van der Waals surface area contributed by atoms with E-state index in [0.717, 1.165) is 26.1 Å². The Morgan fingerprint density at radius 1 is 1.17 bits per heavy atom. The van der Waals surface area contributed by atoms with Crippen LogP contribution in [0.25, 0.3) is 0 Å². The van der Waals surface area contributed by atoms with Crippen LogP contribution in [-0.4, -0.2) is 25.5 Å². The van der Waals surface area contributed by atoms with Gasteiger partial charge in [-0.3, -0.25) is 4.79 Å². The molecule has 2 aliphatic rings. The minimum atomic E-state index is 0.227. The van der Waals surface area contributed by atoms with Crippen LogP contribution >= 0.6 is 0 Å². The molecule has 70 valence electrons. The van der Waals surface area contributed by atoms with E-state index < -0.39 is 0 Å². The lowest BCUT2D eigenvalue weighted by atomic mass is 9.89. The van der Waals surface area contributed by atoms with E-state index in [1.165, 1.54) is 0 Å². The Morgan fingerprint density at radius 3 is 2.58 bits per heavy atom. The highest BCUT2D eigenvalue weighted by Gasteiger charge is 2.32. The highest BCUT2D eigenvalue weighted by Crippen LogP contribution is 2.22. The summed E-state index contributed by atoms with van der Waals surface area (Å²) in [5.41, 5.74) is 0. The summed E-state index contributed by atoms with van der Waals surface area (Å²) in [6.07, 6.45) is 0.734. The lowest BCUT2D eigenvalue weighted by Crippen LogP contribution is -2.39. The number of rotatable bonds is 0. The summed E-state index contributed by atoms with van der Waals surface area (Å²) in [6, 6.07) is 0. The summed E-state index contributed by atoms with van der Waals surface area (Å²) < 4.78 is 0. The molecule has 0 saturated carbocycles. The SMILES string of the molecule is CC.O=C1CC2CNCC2CN1. The number of carbonyl (C=O) groups excluding carboxylic acids is 1. The lowest BCUT2D eigenvalue weighted by Gasteiger charge is -2.23. The largest absolute Gasteiger partial charge is 0.356 e. The number of fused-ring (bicyclic) bond motifs is 1. The Balaban J connectivity index is 0.000000336. The third-order valence-electron chi connectivity index (χ3n) is 2.49. The van der Waals surface area contributed by atoms with Crippen molar-refractivity contribution in [2.75, 3.05) is 19.6 Å². The zero-order chi connectivity index (χ0) is 8.97. The van der Waals surface area contributed by atoms with Crippen LogP contribution in [0.4, 0.5) is 0 Å². The minimum Gasteiger partial charge on any atom is -0.356 e. The van der Waals surface area contributed by atoms with Gasteiger partial charge in [-0.25, -0.2) is 0 Å². The predicted octanol–water partition coefficient (Wildman–Crippen LogP) is 0.368. The molecule has 0 aromatic heterocycles. The Labute approximate surface area is 73.9 Å². The zero-order valence-electron chi connectivity index (χ0n) is 7.89. The van der Waals surface area contributed by atoms with Crippen LogP contribution in [0, 0.1) is 11.8 Å². The van der Waals surface area contributed by atoms with Gasteiger partial charge in [0.15, 0.2) is 0 Å². The third kappa shape index (κ3) is 1.97. The minimum absolute atomic E-state index is 0.227. The molecule has 0 aromatic rings. The summed E-state index contributed by atoms with van der Waals surface area (Å²) in [7, 11) is 0. The topological polar surface area (TPSA) is 41.1 Å². The van der Waals surface area contributed by atoms with Crippen molar-refractivity contribution in [2.24, 2.45) is 11.8 Å². The molecule has 2 saturated heterocycles. The molecule has 0 aliphatic carbocycles. The summed E-state index contributed by atoms with van der Waals surface area (Å²) in [5.74, 6) is 1.55. The molecule has 0 spiro atoms. The molecular formula is C9H18N2O. The van der Waals surface area contributed by atoms with Crippen LogP contribution in [0.1, 0.15) is 20.3 Å². The van der Waals surface area contributed by atoms with Crippen molar-refractivity contribution in [1.29, 1.82) is 0 Å². The van der Waals surface area contributed by atoms with Crippen LogP contribution in [0.5, 0.6) is 0 Å². The Kier molecular flexibility index (Phi) is 3.53. The van der Waals surface area contributed by atoms with Crippen LogP contribution < -0.4 is 10.6 Å². The van der Waals surface area contributed by atoms with E-state index in [0.29, 0.717) is 11.8 Å². The molecule has 2 heterocycles. The van der Waals surface area contributed by atoms with Crippen molar-refractivity contribution in [3.8, 4) is 0 Å². The van der Waals surface area contributed by atoms with Gasteiger partial charge in [0.2, 0.25) is 5.91 Å². The van der Waals surface area contributed by atoms with E-state index >= 15 is 0 Å². The van der Waals surface area contributed by atoms with Gasteiger partial charge in [-0.1, -0.05) is 13.8 Å². The predicted molar refractivity (Wildman–Crippen MR) is 48.8 cm³/mol. The number of carbonyl (C=O) groups is 1. The third-order valence-corrected chi connectivity index (χ3v) is 2.49. The number of nitrogens with one attached hydrogen (secondary N) is 2. The number of piperidine rings is 1. The molecule has 2 aliphatic heterocycles. The summed E-state index contributed by atoms with van der Waals surface area (Å²) in [5, 5.41) is 6.17. The van der Waals surface area contributed by atoms with Gasteiger partial charge in [0, 0.05) is 13.0 Å². The van der Waals surface area contributed by atoms with Gasteiger partial charge in [-0.05, 0) is 24.9 Å². The fraction of sp³-hybridized carbons (Fsp3) is 0.889.